The quantitative estimate of drug-likeness (QED) is 0.883. The van der Waals surface area contributed by atoms with Crippen molar-refractivity contribution in [2.24, 2.45) is 0 Å². The van der Waals surface area contributed by atoms with Crippen LogP contribution in [0.25, 0.3) is 0 Å². The summed E-state index contributed by atoms with van der Waals surface area (Å²) in [6.07, 6.45) is 1.04. The van der Waals surface area contributed by atoms with Gasteiger partial charge in [0.15, 0.2) is 5.78 Å². The molecule has 110 valence electrons. The molecule has 0 saturated heterocycles. The number of hydrogen-bond acceptors (Lipinski definition) is 3. The maximum Gasteiger partial charge on any atom is 0.229 e. The van der Waals surface area contributed by atoms with Gasteiger partial charge in [-0.25, -0.2) is 12.8 Å². The zero-order valence-electron chi connectivity index (χ0n) is 11.6. The Bertz CT molecular complexity index is 783. The van der Waals surface area contributed by atoms with Crippen LogP contribution in [-0.2, 0) is 10.0 Å². The summed E-state index contributed by atoms with van der Waals surface area (Å²) < 4.78 is 38.4. The smallest absolute Gasteiger partial charge is 0.229 e. The molecular formula is C15H14FNO3S. The van der Waals surface area contributed by atoms with E-state index in [9.17, 15) is 17.6 Å². The number of hydrogen-bond donors (Lipinski definition) is 1. The number of halogens is 1. The van der Waals surface area contributed by atoms with E-state index in [2.05, 4.69) is 4.72 Å². The van der Waals surface area contributed by atoms with Crippen LogP contribution in [0.5, 0.6) is 0 Å². The molecule has 0 aromatic heterocycles. The fraction of sp³-hybridized carbons (Fsp3) is 0.133. The molecule has 0 fully saturated rings. The molecule has 4 nitrogen and oxygen atoms in total. The second-order valence-electron chi connectivity index (χ2n) is 4.72. The first-order valence-electron chi connectivity index (χ1n) is 6.15. The Hall–Kier alpha value is -2.21. The van der Waals surface area contributed by atoms with E-state index in [0.29, 0.717) is 16.8 Å². The topological polar surface area (TPSA) is 63.2 Å². The third-order valence-corrected chi connectivity index (χ3v) is 3.49. The molecule has 0 aliphatic rings. The maximum atomic E-state index is 13.9. The van der Waals surface area contributed by atoms with Gasteiger partial charge in [0, 0.05) is 11.3 Å². The van der Waals surface area contributed by atoms with Crippen LogP contribution in [0.4, 0.5) is 10.1 Å². The lowest BCUT2D eigenvalue weighted by atomic mass is 10.0. The number of carbonyl (C=O) groups excluding carboxylic acids is 1. The fourth-order valence-electron chi connectivity index (χ4n) is 1.88. The third-order valence-electron chi connectivity index (χ3n) is 2.89. The van der Waals surface area contributed by atoms with Crippen molar-refractivity contribution in [3.8, 4) is 0 Å². The number of nitrogens with one attached hydrogen (secondary N) is 1. The molecule has 0 amide bonds. The molecule has 6 heteroatoms. The minimum absolute atomic E-state index is 0.00109. The number of ketones is 1. The first-order chi connectivity index (χ1) is 9.78. The van der Waals surface area contributed by atoms with Crippen LogP contribution in [-0.4, -0.2) is 20.5 Å². The summed E-state index contributed by atoms with van der Waals surface area (Å²) in [6, 6.07) is 10.5. The van der Waals surface area contributed by atoms with E-state index in [4.69, 9.17) is 0 Å². The number of rotatable bonds is 4. The molecule has 0 aliphatic carbocycles. The van der Waals surface area contributed by atoms with E-state index in [-0.39, 0.29) is 5.56 Å². The molecule has 21 heavy (non-hydrogen) atoms. The van der Waals surface area contributed by atoms with Gasteiger partial charge in [-0.2, -0.15) is 0 Å². The highest BCUT2D eigenvalue weighted by atomic mass is 32.2. The summed E-state index contributed by atoms with van der Waals surface area (Å²) in [4.78, 5) is 12.2. The lowest BCUT2D eigenvalue weighted by Gasteiger charge is -2.07. The standard InChI is InChI=1S/C15H14FNO3S/c1-10-4-3-5-13(14(10)16)15(18)11-6-8-12(9-7-11)17-21(2,19)20/h3-9,17H,1-2H3. The average Bonchev–Trinajstić information content (AvgIpc) is 2.40. The Kier molecular flexibility index (Phi) is 4.09. The van der Waals surface area contributed by atoms with Crippen molar-refractivity contribution < 1.29 is 17.6 Å². The summed E-state index contributed by atoms with van der Waals surface area (Å²) in [7, 11) is -3.37. The zero-order chi connectivity index (χ0) is 15.6. The van der Waals surface area contributed by atoms with Crippen LogP contribution in [0.15, 0.2) is 42.5 Å². The van der Waals surface area contributed by atoms with E-state index in [1.807, 2.05) is 0 Å². The Labute approximate surface area is 122 Å². The van der Waals surface area contributed by atoms with Crippen molar-refractivity contribution in [3.63, 3.8) is 0 Å². The van der Waals surface area contributed by atoms with Crippen LogP contribution < -0.4 is 4.72 Å². The molecule has 2 rings (SSSR count). The van der Waals surface area contributed by atoms with Gasteiger partial charge in [0.25, 0.3) is 0 Å². The van der Waals surface area contributed by atoms with Crippen LogP contribution in [0, 0.1) is 12.7 Å². The minimum Gasteiger partial charge on any atom is -0.288 e. The van der Waals surface area contributed by atoms with Crippen LogP contribution in [0.3, 0.4) is 0 Å². The molecule has 0 heterocycles. The summed E-state index contributed by atoms with van der Waals surface area (Å²) in [5.41, 5.74) is 1.03. The van der Waals surface area contributed by atoms with Gasteiger partial charge in [-0.15, -0.1) is 0 Å². The van der Waals surface area contributed by atoms with Crippen LogP contribution in [0.1, 0.15) is 21.5 Å². The van der Waals surface area contributed by atoms with E-state index >= 15 is 0 Å². The van der Waals surface area contributed by atoms with Crippen LogP contribution >= 0.6 is 0 Å². The average molecular weight is 307 g/mol. The van der Waals surface area contributed by atoms with Crippen molar-refractivity contribution in [1.29, 1.82) is 0 Å². The highest BCUT2D eigenvalue weighted by Crippen LogP contribution is 2.18. The van der Waals surface area contributed by atoms with E-state index in [0.717, 1.165) is 6.26 Å². The van der Waals surface area contributed by atoms with Crippen molar-refractivity contribution in [3.05, 3.63) is 65.0 Å². The van der Waals surface area contributed by atoms with Gasteiger partial charge in [0.05, 0.1) is 11.8 Å². The second kappa shape index (κ2) is 5.65. The van der Waals surface area contributed by atoms with Gasteiger partial charge < -0.3 is 0 Å². The maximum absolute atomic E-state index is 13.9. The summed E-state index contributed by atoms with van der Waals surface area (Å²) in [6.45, 7) is 1.59. The monoisotopic (exact) mass is 307 g/mol. The largest absolute Gasteiger partial charge is 0.288 e. The van der Waals surface area contributed by atoms with Crippen molar-refractivity contribution in [2.45, 2.75) is 6.92 Å². The minimum atomic E-state index is -3.37. The predicted molar refractivity (Wildman–Crippen MR) is 79.5 cm³/mol. The molecule has 0 saturated carbocycles. The lowest BCUT2D eigenvalue weighted by Crippen LogP contribution is -2.10. The summed E-state index contributed by atoms with van der Waals surface area (Å²) in [5, 5.41) is 0. The Morgan fingerprint density at radius 1 is 1.10 bits per heavy atom. The van der Waals surface area contributed by atoms with Gasteiger partial charge in [-0.1, -0.05) is 12.1 Å². The lowest BCUT2D eigenvalue weighted by molar-refractivity contribution is 0.103. The molecule has 0 aliphatic heterocycles. The van der Waals surface area contributed by atoms with Crippen molar-refractivity contribution >= 4 is 21.5 Å². The number of benzene rings is 2. The fourth-order valence-corrected chi connectivity index (χ4v) is 2.45. The second-order valence-corrected chi connectivity index (χ2v) is 6.47. The molecular weight excluding hydrogens is 293 g/mol. The van der Waals surface area contributed by atoms with Crippen molar-refractivity contribution in [2.75, 3.05) is 11.0 Å². The molecule has 0 atom stereocenters. The van der Waals surface area contributed by atoms with Gasteiger partial charge >= 0.3 is 0 Å². The molecule has 0 bridgehead atoms. The number of aryl methyl sites for hydroxylation is 1. The highest BCUT2D eigenvalue weighted by molar-refractivity contribution is 7.92. The molecule has 2 aromatic carbocycles. The summed E-state index contributed by atoms with van der Waals surface area (Å²) >= 11 is 0. The van der Waals surface area contributed by atoms with E-state index in [1.165, 1.54) is 30.3 Å². The van der Waals surface area contributed by atoms with Gasteiger partial charge in [-0.3, -0.25) is 9.52 Å². The van der Waals surface area contributed by atoms with E-state index in [1.54, 1.807) is 19.1 Å². The summed E-state index contributed by atoms with van der Waals surface area (Å²) in [5.74, 6) is -0.983. The normalized spacial score (nSPS) is 11.2. The van der Waals surface area contributed by atoms with Crippen molar-refractivity contribution in [1.82, 2.24) is 0 Å². The van der Waals surface area contributed by atoms with Gasteiger partial charge in [0.1, 0.15) is 5.82 Å². The van der Waals surface area contributed by atoms with E-state index < -0.39 is 21.6 Å². The Balaban J connectivity index is 2.30. The van der Waals surface area contributed by atoms with Gasteiger partial charge in [-0.05, 0) is 42.8 Å². The first-order valence-corrected chi connectivity index (χ1v) is 8.05. The molecule has 1 N–H and O–H groups in total. The predicted octanol–water partition coefficient (Wildman–Crippen LogP) is 2.74. The Morgan fingerprint density at radius 3 is 2.29 bits per heavy atom. The zero-order valence-corrected chi connectivity index (χ0v) is 12.4. The first kappa shape index (κ1) is 15.2. The highest BCUT2D eigenvalue weighted by Gasteiger charge is 2.15. The SMILES string of the molecule is Cc1cccc(C(=O)c2ccc(NS(C)(=O)=O)cc2)c1F. The van der Waals surface area contributed by atoms with Crippen LogP contribution in [0.2, 0.25) is 0 Å². The molecule has 0 unspecified atom stereocenters. The third kappa shape index (κ3) is 3.66. The number of anilines is 1. The molecule has 0 radical (unpaired) electrons. The molecule has 0 spiro atoms. The number of carbonyl (C=O) groups is 1. The molecule has 2 aromatic rings. The van der Waals surface area contributed by atoms with Gasteiger partial charge in [0.2, 0.25) is 10.0 Å². The number of sulfonamides is 1. The Morgan fingerprint density at radius 2 is 1.71 bits per heavy atom.